The number of piperidine rings is 1. The summed E-state index contributed by atoms with van der Waals surface area (Å²) in [6.45, 7) is 2.39. The highest BCUT2D eigenvalue weighted by Crippen LogP contribution is 2.26. The fraction of sp³-hybridized carbons (Fsp3) is 0.500. The summed E-state index contributed by atoms with van der Waals surface area (Å²) >= 11 is 11.9. The van der Waals surface area contributed by atoms with E-state index in [9.17, 15) is 9.90 Å². The summed E-state index contributed by atoms with van der Waals surface area (Å²) in [5, 5.41) is 10.2. The van der Waals surface area contributed by atoms with E-state index >= 15 is 0 Å². The first-order chi connectivity index (χ1) is 9.08. The van der Waals surface area contributed by atoms with Gasteiger partial charge < -0.3 is 10.0 Å². The molecular weight excluding hydrogens is 285 g/mol. The largest absolute Gasteiger partial charge is 0.393 e. The number of halogens is 2. The van der Waals surface area contributed by atoms with Gasteiger partial charge in [-0.3, -0.25) is 4.79 Å². The minimum atomic E-state index is -0.186. The Kier molecular flexibility index (Phi) is 5.22. The van der Waals surface area contributed by atoms with Gasteiger partial charge >= 0.3 is 0 Å². The molecule has 5 heteroatoms. The molecule has 104 valence electrons. The van der Waals surface area contributed by atoms with Crippen LogP contribution < -0.4 is 0 Å². The molecule has 0 bridgehead atoms. The number of carbonyl (C=O) groups is 1. The zero-order valence-corrected chi connectivity index (χ0v) is 12.1. The first-order valence-corrected chi connectivity index (χ1v) is 7.21. The lowest BCUT2D eigenvalue weighted by Crippen LogP contribution is -2.37. The molecule has 0 amide bonds. The number of aliphatic hydroxyl groups is 1. The molecule has 0 aromatic heterocycles. The SMILES string of the molecule is O=C(CCN1CCC(O)CC1)c1cccc(Cl)c1Cl. The van der Waals surface area contributed by atoms with E-state index in [1.807, 2.05) is 0 Å². The van der Waals surface area contributed by atoms with Crippen LogP contribution >= 0.6 is 23.2 Å². The Labute approximate surface area is 123 Å². The molecule has 1 aliphatic rings. The quantitative estimate of drug-likeness (QED) is 0.869. The normalized spacial score (nSPS) is 17.6. The lowest BCUT2D eigenvalue weighted by Gasteiger charge is -2.29. The van der Waals surface area contributed by atoms with Gasteiger partial charge in [-0.15, -0.1) is 0 Å². The van der Waals surface area contributed by atoms with Gasteiger partial charge in [-0.05, 0) is 25.0 Å². The maximum absolute atomic E-state index is 12.1. The van der Waals surface area contributed by atoms with Crippen LogP contribution in [0, 0.1) is 0 Å². The Bertz CT molecular complexity index is 457. The third kappa shape index (κ3) is 3.93. The molecule has 0 atom stereocenters. The van der Waals surface area contributed by atoms with E-state index in [4.69, 9.17) is 23.2 Å². The van der Waals surface area contributed by atoms with Crippen molar-refractivity contribution in [1.29, 1.82) is 0 Å². The number of rotatable bonds is 4. The number of ketones is 1. The van der Waals surface area contributed by atoms with Crippen molar-refractivity contribution in [3.8, 4) is 0 Å². The average Bonchev–Trinajstić information content (AvgIpc) is 2.41. The topological polar surface area (TPSA) is 40.5 Å². The van der Waals surface area contributed by atoms with Crippen molar-refractivity contribution < 1.29 is 9.90 Å². The molecule has 0 saturated carbocycles. The second-order valence-corrected chi connectivity index (χ2v) is 5.63. The molecule has 2 rings (SSSR count). The Balaban J connectivity index is 1.89. The maximum Gasteiger partial charge on any atom is 0.165 e. The van der Waals surface area contributed by atoms with E-state index < -0.39 is 0 Å². The predicted octanol–water partition coefficient (Wildman–Crippen LogP) is 3.02. The average molecular weight is 302 g/mol. The van der Waals surface area contributed by atoms with Crippen LogP contribution in [0.4, 0.5) is 0 Å². The van der Waals surface area contributed by atoms with Gasteiger partial charge in [0, 0.05) is 31.6 Å². The lowest BCUT2D eigenvalue weighted by molar-refractivity contribution is 0.0778. The third-order valence-corrected chi connectivity index (χ3v) is 4.28. The molecule has 0 spiro atoms. The molecule has 1 N–H and O–H groups in total. The summed E-state index contributed by atoms with van der Waals surface area (Å²) in [6, 6.07) is 5.11. The highest BCUT2D eigenvalue weighted by molar-refractivity contribution is 6.43. The van der Waals surface area contributed by atoms with Crippen LogP contribution in [-0.2, 0) is 0 Å². The van der Waals surface area contributed by atoms with Crippen molar-refractivity contribution in [1.82, 2.24) is 4.90 Å². The fourth-order valence-corrected chi connectivity index (χ4v) is 2.66. The summed E-state index contributed by atoms with van der Waals surface area (Å²) in [5.74, 6) is 0.0126. The van der Waals surface area contributed by atoms with E-state index in [2.05, 4.69) is 4.90 Å². The molecule has 1 saturated heterocycles. The van der Waals surface area contributed by atoms with Crippen molar-refractivity contribution in [2.24, 2.45) is 0 Å². The number of hydrogen-bond acceptors (Lipinski definition) is 3. The van der Waals surface area contributed by atoms with Gasteiger partial charge in [-0.25, -0.2) is 0 Å². The first-order valence-electron chi connectivity index (χ1n) is 6.45. The van der Waals surface area contributed by atoms with Crippen LogP contribution in [0.1, 0.15) is 29.6 Å². The predicted molar refractivity (Wildman–Crippen MR) is 77.1 cm³/mol. The standard InChI is InChI=1S/C14H17Cl2NO2/c15-12-3-1-2-11(14(12)16)13(19)6-9-17-7-4-10(18)5-8-17/h1-3,10,18H,4-9H2. The Morgan fingerprint density at radius 1 is 1.32 bits per heavy atom. The van der Waals surface area contributed by atoms with Gasteiger partial charge in [0.05, 0.1) is 16.1 Å². The van der Waals surface area contributed by atoms with Crippen molar-refractivity contribution >= 4 is 29.0 Å². The molecule has 1 aromatic rings. The summed E-state index contributed by atoms with van der Waals surface area (Å²) in [7, 11) is 0. The van der Waals surface area contributed by atoms with E-state index in [-0.39, 0.29) is 11.9 Å². The van der Waals surface area contributed by atoms with Crippen LogP contribution in [0.3, 0.4) is 0 Å². The van der Waals surface area contributed by atoms with Crippen molar-refractivity contribution in [2.75, 3.05) is 19.6 Å². The number of likely N-dealkylation sites (tertiary alicyclic amines) is 1. The van der Waals surface area contributed by atoms with Crippen molar-refractivity contribution in [3.05, 3.63) is 33.8 Å². The molecule has 1 aliphatic heterocycles. The van der Waals surface area contributed by atoms with Crippen LogP contribution in [0.5, 0.6) is 0 Å². The number of hydrogen-bond donors (Lipinski definition) is 1. The minimum Gasteiger partial charge on any atom is -0.393 e. The minimum absolute atomic E-state index is 0.0126. The Morgan fingerprint density at radius 2 is 2.00 bits per heavy atom. The molecule has 0 radical (unpaired) electrons. The van der Waals surface area contributed by atoms with E-state index in [1.54, 1.807) is 18.2 Å². The maximum atomic E-state index is 12.1. The second kappa shape index (κ2) is 6.71. The molecule has 1 aromatic carbocycles. The van der Waals surface area contributed by atoms with Crippen molar-refractivity contribution in [3.63, 3.8) is 0 Å². The highest BCUT2D eigenvalue weighted by Gasteiger charge is 2.18. The summed E-state index contributed by atoms with van der Waals surface area (Å²) < 4.78 is 0. The number of carbonyl (C=O) groups excluding carboxylic acids is 1. The molecule has 3 nitrogen and oxygen atoms in total. The van der Waals surface area contributed by atoms with Gasteiger partial charge in [0.15, 0.2) is 5.78 Å². The second-order valence-electron chi connectivity index (χ2n) is 4.85. The summed E-state index contributed by atoms with van der Waals surface area (Å²) in [5.41, 5.74) is 0.492. The smallest absolute Gasteiger partial charge is 0.165 e. The Morgan fingerprint density at radius 3 is 2.68 bits per heavy atom. The van der Waals surface area contributed by atoms with E-state index in [1.165, 1.54) is 0 Å². The molecule has 0 unspecified atom stereocenters. The molecule has 0 aliphatic carbocycles. The van der Waals surface area contributed by atoms with Crippen LogP contribution in [0.15, 0.2) is 18.2 Å². The first kappa shape index (κ1) is 14.8. The van der Waals surface area contributed by atoms with Gasteiger partial charge in [0.1, 0.15) is 0 Å². The molecule has 19 heavy (non-hydrogen) atoms. The monoisotopic (exact) mass is 301 g/mol. The van der Waals surface area contributed by atoms with Crippen LogP contribution in [0.25, 0.3) is 0 Å². The summed E-state index contributed by atoms with van der Waals surface area (Å²) in [4.78, 5) is 14.3. The molecule has 1 fully saturated rings. The zero-order chi connectivity index (χ0) is 13.8. The van der Waals surface area contributed by atoms with E-state index in [0.29, 0.717) is 28.6 Å². The van der Waals surface area contributed by atoms with Gasteiger partial charge in [0.25, 0.3) is 0 Å². The number of benzene rings is 1. The van der Waals surface area contributed by atoms with E-state index in [0.717, 1.165) is 25.9 Å². The molecule has 1 heterocycles. The van der Waals surface area contributed by atoms with Crippen LogP contribution in [0.2, 0.25) is 10.0 Å². The van der Waals surface area contributed by atoms with Crippen molar-refractivity contribution in [2.45, 2.75) is 25.4 Å². The fourth-order valence-electron chi connectivity index (χ4n) is 2.26. The van der Waals surface area contributed by atoms with Gasteiger partial charge in [-0.2, -0.15) is 0 Å². The summed E-state index contributed by atoms with van der Waals surface area (Å²) in [6.07, 6.45) is 1.81. The van der Waals surface area contributed by atoms with Gasteiger partial charge in [-0.1, -0.05) is 29.3 Å². The number of nitrogens with zero attached hydrogens (tertiary/aromatic N) is 1. The highest BCUT2D eigenvalue weighted by atomic mass is 35.5. The number of Topliss-reactive ketones (excluding diaryl/α,β-unsaturated/α-hetero) is 1. The third-order valence-electron chi connectivity index (χ3n) is 3.46. The van der Waals surface area contributed by atoms with Gasteiger partial charge in [0.2, 0.25) is 0 Å². The molecular formula is C14H17Cl2NO2. The van der Waals surface area contributed by atoms with Crippen LogP contribution in [-0.4, -0.2) is 41.5 Å². The number of aliphatic hydroxyl groups excluding tert-OH is 1. The zero-order valence-electron chi connectivity index (χ0n) is 10.6. The Hall–Kier alpha value is -0.610. The lowest BCUT2D eigenvalue weighted by atomic mass is 10.1.